The number of thiophene rings is 1. The molecule has 1 heterocycles. The Morgan fingerprint density at radius 1 is 1.16 bits per heavy atom. The topological polar surface area (TPSA) is 69.6 Å². The van der Waals surface area contributed by atoms with E-state index in [1.165, 1.54) is 11.3 Å². The second kappa shape index (κ2) is 6.47. The highest BCUT2D eigenvalue weighted by Gasteiger charge is 2.18. The predicted molar refractivity (Wildman–Crippen MR) is 73.7 cm³/mol. The van der Waals surface area contributed by atoms with Gasteiger partial charge >= 0.3 is 0 Å². The van der Waals surface area contributed by atoms with Crippen molar-refractivity contribution >= 4 is 17.2 Å². The SMILES string of the molecule is O=C(NCC(O)c1ccsc1)[C@@H](O)c1ccccc1. The number of aliphatic hydroxyl groups is 2. The van der Waals surface area contributed by atoms with Gasteiger partial charge in [-0.25, -0.2) is 0 Å². The van der Waals surface area contributed by atoms with Gasteiger partial charge in [0.15, 0.2) is 6.10 Å². The Morgan fingerprint density at radius 3 is 2.53 bits per heavy atom. The monoisotopic (exact) mass is 277 g/mol. The Bertz CT molecular complexity index is 513. The van der Waals surface area contributed by atoms with Crippen LogP contribution >= 0.6 is 11.3 Å². The first kappa shape index (κ1) is 13.7. The molecule has 1 amide bonds. The van der Waals surface area contributed by atoms with Crippen LogP contribution in [0, 0.1) is 0 Å². The first-order valence-electron chi connectivity index (χ1n) is 5.89. The van der Waals surface area contributed by atoms with E-state index < -0.39 is 18.1 Å². The summed E-state index contributed by atoms with van der Waals surface area (Å²) in [6.45, 7) is 0.0828. The number of carbonyl (C=O) groups is 1. The average molecular weight is 277 g/mol. The van der Waals surface area contributed by atoms with Crippen LogP contribution in [0.4, 0.5) is 0 Å². The molecule has 19 heavy (non-hydrogen) atoms. The van der Waals surface area contributed by atoms with Crippen molar-refractivity contribution in [2.75, 3.05) is 6.54 Å². The first-order valence-corrected chi connectivity index (χ1v) is 6.83. The van der Waals surface area contributed by atoms with Crippen LogP contribution in [0.3, 0.4) is 0 Å². The van der Waals surface area contributed by atoms with E-state index in [1.807, 2.05) is 16.8 Å². The van der Waals surface area contributed by atoms with E-state index in [2.05, 4.69) is 5.32 Å². The molecule has 2 atom stereocenters. The normalized spacial score (nSPS) is 13.8. The summed E-state index contributed by atoms with van der Waals surface area (Å²) in [6.07, 6.45) is -1.96. The zero-order chi connectivity index (χ0) is 13.7. The van der Waals surface area contributed by atoms with Gasteiger partial charge in [0.1, 0.15) is 0 Å². The molecule has 0 bridgehead atoms. The highest BCUT2D eigenvalue weighted by atomic mass is 32.1. The molecular weight excluding hydrogens is 262 g/mol. The van der Waals surface area contributed by atoms with Crippen molar-refractivity contribution in [1.82, 2.24) is 5.32 Å². The van der Waals surface area contributed by atoms with Gasteiger partial charge in [-0.3, -0.25) is 4.79 Å². The van der Waals surface area contributed by atoms with E-state index in [0.717, 1.165) is 5.56 Å². The van der Waals surface area contributed by atoms with Crippen LogP contribution in [0.25, 0.3) is 0 Å². The first-order chi connectivity index (χ1) is 9.18. The third-order valence-corrected chi connectivity index (χ3v) is 3.46. The summed E-state index contributed by atoms with van der Waals surface area (Å²) in [5.74, 6) is -0.513. The van der Waals surface area contributed by atoms with Crippen molar-refractivity contribution in [2.45, 2.75) is 12.2 Å². The van der Waals surface area contributed by atoms with E-state index in [-0.39, 0.29) is 6.54 Å². The number of hydrogen-bond donors (Lipinski definition) is 3. The molecule has 3 N–H and O–H groups in total. The van der Waals surface area contributed by atoms with Gasteiger partial charge in [-0.1, -0.05) is 30.3 Å². The lowest BCUT2D eigenvalue weighted by Crippen LogP contribution is -2.32. The molecule has 1 aromatic heterocycles. The van der Waals surface area contributed by atoms with E-state index in [1.54, 1.807) is 30.3 Å². The summed E-state index contributed by atoms with van der Waals surface area (Å²) in [7, 11) is 0. The van der Waals surface area contributed by atoms with Crippen LogP contribution in [0.2, 0.25) is 0 Å². The van der Waals surface area contributed by atoms with Crippen LogP contribution in [0.15, 0.2) is 47.2 Å². The fourth-order valence-corrected chi connectivity index (χ4v) is 2.37. The average Bonchev–Trinajstić information content (AvgIpc) is 2.98. The van der Waals surface area contributed by atoms with E-state index in [0.29, 0.717) is 5.56 Å². The molecule has 0 fully saturated rings. The summed E-state index contributed by atoms with van der Waals surface area (Å²) in [4.78, 5) is 11.7. The molecule has 0 saturated carbocycles. The molecule has 5 heteroatoms. The quantitative estimate of drug-likeness (QED) is 0.778. The summed E-state index contributed by atoms with van der Waals surface area (Å²) in [5, 5.41) is 25.9. The van der Waals surface area contributed by atoms with Crippen molar-refractivity contribution < 1.29 is 15.0 Å². The molecule has 0 saturated heterocycles. The van der Waals surface area contributed by atoms with E-state index in [4.69, 9.17) is 0 Å². The van der Waals surface area contributed by atoms with Gasteiger partial charge in [0.2, 0.25) is 0 Å². The van der Waals surface area contributed by atoms with Crippen LogP contribution in [0.5, 0.6) is 0 Å². The Morgan fingerprint density at radius 2 is 1.89 bits per heavy atom. The van der Waals surface area contributed by atoms with E-state index >= 15 is 0 Å². The minimum atomic E-state index is -1.21. The van der Waals surface area contributed by atoms with E-state index in [9.17, 15) is 15.0 Å². The molecule has 1 unspecified atom stereocenters. The highest BCUT2D eigenvalue weighted by molar-refractivity contribution is 7.07. The standard InChI is InChI=1S/C14H15NO3S/c16-12(11-6-7-19-9-11)8-15-14(18)13(17)10-4-2-1-3-5-10/h1-7,9,12-13,16-17H,8H2,(H,15,18)/t12?,13-/m0/s1. The highest BCUT2D eigenvalue weighted by Crippen LogP contribution is 2.16. The number of amides is 1. The van der Waals surface area contributed by atoms with Gasteiger partial charge in [0, 0.05) is 6.54 Å². The number of nitrogens with one attached hydrogen (secondary N) is 1. The predicted octanol–water partition coefficient (Wildman–Crippen LogP) is 1.63. The van der Waals surface area contributed by atoms with Gasteiger partial charge in [-0.15, -0.1) is 0 Å². The molecule has 0 radical (unpaired) electrons. The maximum Gasteiger partial charge on any atom is 0.253 e. The Labute approximate surface area is 115 Å². The summed E-state index contributed by atoms with van der Waals surface area (Å²) in [5.41, 5.74) is 1.30. The smallest absolute Gasteiger partial charge is 0.253 e. The lowest BCUT2D eigenvalue weighted by atomic mass is 10.1. The molecule has 0 spiro atoms. The number of aliphatic hydroxyl groups excluding tert-OH is 2. The molecule has 100 valence electrons. The minimum absolute atomic E-state index is 0.0828. The maximum absolute atomic E-state index is 11.7. The fourth-order valence-electron chi connectivity index (χ4n) is 1.66. The zero-order valence-electron chi connectivity index (χ0n) is 10.2. The fraction of sp³-hybridized carbons (Fsp3) is 0.214. The summed E-state index contributed by atoms with van der Waals surface area (Å²) in [6, 6.07) is 10.5. The van der Waals surface area contributed by atoms with Crippen molar-refractivity contribution in [3.63, 3.8) is 0 Å². The molecule has 0 aliphatic carbocycles. The Hall–Kier alpha value is -1.69. The van der Waals surface area contributed by atoms with Crippen LogP contribution in [-0.2, 0) is 4.79 Å². The summed E-state index contributed by atoms with van der Waals surface area (Å²) >= 11 is 1.48. The lowest BCUT2D eigenvalue weighted by Gasteiger charge is -2.14. The third-order valence-electron chi connectivity index (χ3n) is 2.76. The summed E-state index contributed by atoms with van der Waals surface area (Å²) < 4.78 is 0. The molecule has 2 rings (SSSR count). The number of benzene rings is 1. The van der Waals surface area contributed by atoms with Crippen molar-refractivity contribution in [3.8, 4) is 0 Å². The van der Waals surface area contributed by atoms with Crippen LogP contribution in [0.1, 0.15) is 23.3 Å². The largest absolute Gasteiger partial charge is 0.387 e. The maximum atomic E-state index is 11.7. The zero-order valence-corrected chi connectivity index (χ0v) is 11.0. The molecular formula is C14H15NO3S. The van der Waals surface area contributed by atoms with Crippen molar-refractivity contribution in [2.24, 2.45) is 0 Å². The number of hydrogen-bond acceptors (Lipinski definition) is 4. The molecule has 1 aromatic carbocycles. The minimum Gasteiger partial charge on any atom is -0.387 e. The van der Waals surface area contributed by atoms with Gasteiger partial charge in [0.25, 0.3) is 5.91 Å². The molecule has 0 aliphatic heterocycles. The van der Waals surface area contributed by atoms with Gasteiger partial charge in [0.05, 0.1) is 6.10 Å². The third kappa shape index (κ3) is 3.64. The molecule has 2 aromatic rings. The van der Waals surface area contributed by atoms with Gasteiger partial charge < -0.3 is 15.5 Å². The lowest BCUT2D eigenvalue weighted by molar-refractivity contribution is -0.130. The second-order valence-electron chi connectivity index (χ2n) is 4.13. The van der Waals surface area contributed by atoms with Crippen molar-refractivity contribution in [3.05, 3.63) is 58.3 Å². The van der Waals surface area contributed by atoms with Crippen LogP contribution in [-0.4, -0.2) is 22.7 Å². The van der Waals surface area contributed by atoms with Crippen molar-refractivity contribution in [1.29, 1.82) is 0 Å². The Balaban J connectivity index is 1.88. The number of rotatable bonds is 5. The molecule has 0 aliphatic rings. The van der Waals surface area contributed by atoms with Gasteiger partial charge in [-0.05, 0) is 28.0 Å². The number of carbonyl (C=O) groups excluding carboxylic acids is 1. The van der Waals surface area contributed by atoms with Gasteiger partial charge in [-0.2, -0.15) is 11.3 Å². The van der Waals surface area contributed by atoms with Crippen LogP contribution < -0.4 is 5.32 Å². The molecule has 4 nitrogen and oxygen atoms in total. The Kier molecular flexibility index (Phi) is 4.68. The second-order valence-corrected chi connectivity index (χ2v) is 4.91.